The Balaban J connectivity index is 1.66. The Morgan fingerprint density at radius 2 is 2.03 bits per heavy atom. The molecule has 3 aromatic rings. The van der Waals surface area contributed by atoms with Crippen LogP contribution >= 0.6 is 23.4 Å². The van der Waals surface area contributed by atoms with E-state index in [2.05, 4.69) is 21.8 Å². The zero-order chi connectivity index (χ0) is 26.9. The molecule has 0 amide bonds. The number of H-pyrrole nitrogens is 1. The maximum atomic E-state index is 13.5. The van der Waals surface area contributed by atoms with E-state index in [0.29, 0.717) is 19.0 Å². The van der Waals surface area contributed by atoms with Crippen molar-refractivity contribution in [2.75, 3.05) is 39.5 Å². The van der Waals surface area contributed by atoms with Crippen molar-refractivity contribution in [1.82, 2.24) is 14.8 Å². The summed E-state index contributed by atoms with van der Waals surface area (Å²) in [6, 6.07) is 7.67. The Hall–Kier alpha value is -2.24. The van der Waals surface area contributed by atoms with Crippen molar-refractivity contribution in [1.29, 1.82) is 0 Å². The van der Waals surface area contributed by atoms with Crippen LogP contribution in [-0.2, 0) is 6.18 Å². The third-order valence-corrected chi connectivity index (χ3v) is 8.22. The monoisotopic (exact) mass is 555 g/mol. The minimum absolute atomic E-state index is 0.106. The van der Waals surface area contributed by atoms with Gasteiger partial charge in [0.2, 0.25) is 0 Å². The van der Waals surface area contributed by atoms with E-state index in [1.165, 1.54) is 24.3 Å². The highest BCUT2D eigenvalue weighted by atomic mass is 35.5. The standard InChI is InChI=1S/C26H29ClF3N3O3S/c1-32-9-7-17(13-32)33(2)10-8-18(34)14-37-24-23(20-12-16(27)4-6-22(20)35)19-11-15(26(28,29)30)3-5-21(19)31-25(24)36/h3-6,11-12,17-18,34-35H,7-10,13-14H2,1-2H3,(H,31,36). The first-order chi connectivity index (χ1) is 17.4. The lowest BCUT2D eigenvalue weighted by Gasteiger charge is -2.25. The Kier molecular flexibility index (Phi) is 8.45. The van der Waals surface area contributed by atoms with Crippen LogP contribution in [0.4, 0.5) is 13.2 Å². The number of phenols is 1. The summed E-state index contributed by atoms with van der Waals surface area (Å²) >= 11 is 7.19. The van der Waals surface area contributed by atoms with Crippen molar-refractivity contribution in [3.05, 3.63) is 57.3 Å². The third kappa shape index (κ3) is 6.43. The van der Waals surface area contributed by atoms with Gasteiger partial charge in [0.1, 0.15) is 5.75 Å². The summed E-state index contributed by atoms with van der Waals surface area (Å²) in [5, 5.41) is 21.6. The van der Waals surface area contributed by atoms with E-state index in [9.17, 15) is 28.2 Å². The number of aliphatic hydroxyl groups excluding tert-OH is 1. The Bertz CT molecular complexity index is 1330. The molecule has 200 valence electrons. The first-order valence-corrected chi connectivity index (χ1v) is 13.3. The lowest BCUT2D eigenvalue weighted by molar-refractivity contribution is -0.137. The fourth-order valence-electron chi connectivity index (χ4n) is 4.63. The number of likely N-dealkylation sites (tertiary alicyclic amines) is 1. The van der Waals surface area contributed by atoms with Crippen LogP contribution in [0.15, 0.2) is 46.1 Å². The van der Waals surface area contributed by atoms with Crippen molar-refractivity contribution in [3.63, 3.8) is 0 Å². The maximum absolute atomic E-state index is 13.5. The van der Waals surface area contributed by atoms with Crippen LogP contribution in [0, 0.1) is 0 Å². The van der Waals surface area contributed by atoms with Gasteiger partial charge in [0, 0.05) is 51.9 Å². The third-order valence-electron chi connectivity index (χ3n) is 6.75. The zero-order valence-electron chi connectivity index (χ0n) is 20.5. The molecule has 0 spiro atoms. The van der Waals surface area contributed by atoms with Crippen LogP contribution in [0.2, 0.25) is 5.02 Å². The Labute approximate surface area is 222 Å². The molecule has 1 aliphatic heterocycles. The van der Waals surface area contributed by atoms with Crippen molar-refractivity contribution < 1.29 is 23.4 Å². The second kappa shape index (κ2) is 11.2. The number of likely N-dealkylation sites (N-methyl/N-ethyl adjacent to an activating group) is 2. The number of aliphatic hydroxyl groups is 1. The first-order valence-electron chi connectivity index (χ1n) is 11.9. The molecule has 1 aliphatic rings. The van der Waals surface area contributed by atoms with Crippen molar-refractivity contribution >= 4 is 34.3 Å². The fourth-order valence-corrected chi connectivity index (χ4v) is 5.88. The number of phenolic OH excluding ortho intramolecular Hbond substituents is 1. The lowest BCUT2D eigenvalue weighted by Crippen LogP contribution is -2.36. The average molecular weight is 556 g/mol. The predicted octanol–water partition coefficient (Wildman–Crippen LogP) is 5.05. The number of hydrogen-bond donors (Lipinski definition) is 3. The number of halogens is 4. The maximum Gasteiger partial charge on any atom is 0.416 e. The Morgan fingerprint density at radius 3 is 2.70 bits per heavy atom. The van der Waals surface area contributed by atoms with Crippen LogP contribution in [0.1, 0.15) is 18.4 Å². The van der Waals surface area contributed by atoms with Gasteiger partial charge in [0.15, 0.2) is 0 Å². The van der Waals surface area contributed by atoms with Gasteiger partial charge in [-0.25, -0.2) is 0 Å². The highest BCUT2D eigenvalue weighted by molar-refractivity contribution is 7.99. The van der Waals surface area contributed by atoms with E-state index in [-0.39, 0.29) is 43.5 Å². The van der Waals surface area contributed by atoms with E-state index in [1.807, 2.05) is 7.05 Å². The van der Waals surface area contributed by atoms with Gasteiger partial charge in [-0.2, -0.15) is 13.2 Å². The molecule has 3 N–H and O–H groups in total. The van der Waals surface area contributed by atoms with Crippen LogP contribution in [0.25, 0.3) is 22.0 Å². The first kappa shape index (κ1) is 27.8. The van der Waals surface area contributed by atoms with Crippen LogP contribution in [-0.4, -0.2) is 76.6 Å². The number of benzene rings is 2. The number of nitrogens with one attached hydrogen (secondary N) is 1. The summed E-state index contributed by atoms with van der Waals surface area (Å²) in [5.41, 5.74) is -0.921. The smallest absolute Gasteiger partial charge is 0.416 e. The van der Waals surface area contributed by atoms with Gasteiger partial charge < -0.3 is 25.0 Å². The van der Waals surface area contributed by atoms with Gasteiger partial charge in [0.25, 0.3) is 5.56 Å². The summed E-state index contributed by atoms with van der Waals surface area (Å²) in [7, 11) is 4.10. The molecule has 0 bridgehead atoms. The van der Waals surface area contributed by atoms with Gasteiger partial charge >= 0.3 is 6.18 Å². The van der Waals surface area contributed by atoms with E-state index in [1.54, 1.807) is 0 Å². The average Bonchev–Trinajstić information content (AvgIpc) is 3.28. The summed E-state index contributed by atoms with van der Waals surface area (Å²) in [5.74, 6) is -0.0698. The largest absolute Gasteiger partial charge is 0.507 e. The Morgan fingerprint density at radius 1 is 1.27 bits per heavy atom. The molecular formula is C26H29ClF3N3O3S. The number of alkyl halides is 3. The molecule has 11 heteroatoms. The second-order valence-corrected chi connectivity index (χ2v) is 11.0. The van der Waals surface area contributed by atoms with Crippen LogP contribution in [0.3, 0.4) is 0 Å². The molecule has 1 aromatic heterocycles. The molecule has 2 unspecified atom stereocenters. The highest BCUT2D eigenvalue weighted by Gasteiger charge is 2.31. The van der Waals surface area contributed by atoms with E-state index >= 15 is 0 Å². The van der Waals surface area contributed by atoms with Gasteiger partial charge in [-0.15, -0.1) is 11.8 Å². The lowest BCUT2D eigenvalue weighted by atomic mass is 9.98. The van der Waals surface area contributed by atoms with Gasteiger partial charge in [0.05, 0.1) is 16.6 Å². The number of aromatic amines is 1. The summed E-state index contributed by atoms with van der Waals surface area (Å²) in [6.45, 7) is 2.68. The van der Waals surface area contributed by atoms with E-state index < -0.39 is 23.4 Å². The van der Waals surface area contributed by atoms with Crippen molar-refractivity contribution in [2.45, 2.75) is 36.1 Å². The fraction of sp³-hybridized carbons (Fsp3) is 0.423. The van der Waals surface area contributed by atoms with Gasteiger partial charge in [-0.3, -0.25) is 4.79 Å². The quantitative estimate of drug-likeness (QED) is 0.338. The molecule has 2 atom stereocenters. The van der Waals surface area contributed by atoms with E-state index in [0.717, 1.165) is 43.4 Å². The summed E-state index contributed by atoms with van der Waals surface area (Å²) < 4.78 is 40.6. The predicted molar refractivity (Wildman–Crippen MR) is 142 cm³/mol. The molecule has 37 heavy (non-hydrogen) atoms. The number of thioether (sulfide) groups is 1. The molecule has 6 nitrogen and oxygen atoms in total. The minimum atomic E-state index is -4.60. The number of aromatic nitrogens is 1. The molecule has 2 aromatic carbocycles. The highest BCUT2D eigenvalue weighted by Crippen LogP contribution is 2.42. The summed E-state index contributed by atoms with van der Waals surface area (Å²) in [4.78, 5) is 20.3. The molecule has 1 saturated heterocycles. The number of fused-ring (bicyclic) bond motifs is 1. The molecular weight excluding hydrogens is 527 g/mol. The minimum Gasteiger partial charge on any atom is -0.507 e. The van der Waals surface area contributed by atoms with Gasteiger partial charge in [-0.05, 0) is 69.9 Å². The topological polar surface area (TPSA) is 79.8 Å². The van der Waals surface area contributed by atoms with E-state index in [4.69, 9.17) is 11.6 Å². The normalized spacial score (nSPS) is 17.7. The van der Waals surface area contributed by atoms with Gasteiger partial charge in [-0.1, -0.05) is 11.6 Å². The number of aromatic hydroxyl groups is 1. The molecule has 0 radical (unpaired) electrons. The zero-order valence-corrected chi connectivity index (χ0v) is 22.1. The van der Waals surface area contributed by atoms with Crippen molar-refractivity contribution in [2.24, 2.45) is 0 Å². The number of hydrogen-bond acceptors (Lipinski definition) is 6. The molecule has 4 rings (SSSR count). The van der Waals surface area contributed by atoms with Crippen LogP contribution < -0.4 is 5.56 Å². The van der Waals surface area contributed by atoms with Crippen molar-refractivity contribution in [3.8, 4) is 16.9 Å². The number of nitrogens with zero attached hydrogens (tertiary/aromatic N) is 2. The number of rotatable bonds is 8. The molecule has 0 aliphatic carbocycles. The SMILES string of the molecule is CN1CCC(N(C)CCC(O)CSc2c(-c3cc(Cl)ccc3O)c3cc(C(F)(F)F)ccc3[nH]c2=O)C1. The van der Waals surface area contributed by atoms with Crippen LogP contribution in [0.5, 0.6) is 5.75 Å². The molecule has 2 heterocycles. The number of pyridine rings is 1. The second-order valence-electron chi connectivity index (χ2n) is 9.52. The summed E-state index contributed by atoms with van der Waals surface area (Å²) in [6.07, 6.45) is -3.80. The molecule has 0 saturated carbocycles. The molecule has 1 fully saturated rings.